The minimum atomic E-state index is -0.176. The number of rotatable bonds is 6. The third-order valence-corrected chi connectivity index (χ3v) is 4.18. The lowest BCUT2D eigenvalue weighted by Crippen LogP contribution is -2.48. The molecule has 1 N–H and O–H groups in total. The van der Waals surface area contributed by atoms with E-state index < -0.39 is 0 Å². The van der Waals surface area contributed by atoms with Gasteiger partial charge in [0.2, 0.25) is 0 Å². The van der Waals surface area contributed by atoms with E-state index in [2.05, 4.69) is 24.1 Å². The van der Waals surface area contributed by atoms with Crippen LogP contribution in [0.15, 0.2) is 18.2 Å². The van der Waals surface area contributed by atoms with Crippen molar-refractivity contribution < 1.29 is 9.13 Å². The van der Waals surface area contributed by atoms with Crippen LogP contribution in [-0.2, 0) is 4.74 Å². The first-order chi connectivity index (χ1) is 10.2. The van der Waals surface area contributed by atoms with Crippen LogP contribution in [0.5, 0.6) is 0 Å². The van der Waals surface area contributed by atoms with Gasteiger partial charge < -0.3 is 10.1 Å². The molecule has 2 atom stereocenters. The van der Waals surface area contributed by atoms with E-state index in [4.69, 9.17) is 4.74 Å². The molecule has 0 aromatic heterocycles. The molecule has 4 heteroatoms. The van der Waals surface area contributed by atoms with E-state index in [9.17, 15) is 4.39 Å². The number of aryl methyl sites for hydroxylation is 1. The van der Waals surface area contributed by atoms with Gasteiger partial charge in [-0.1, -0.05) is 19.9 Å². The highest BCUT2D eigenvalue weighted by Crippen LogP contribution is 2.26. The van der Waals surface area contributed by atoms with Crippen LogP contribution in [0.25, 0.3) is 0 Å². The van der Waals surface area contributed by atoms with E-state index in [1.54, 1.807) is 12.1 Å². The third kappa shape index (κ3) is 4.25. The average Bonchev–Trinajstić information content (AvgIpc) is 2.49. The second-order valence-electron chi connectivity index (χ2n) is 5.74. The molecule has 1 saturated heterocycles. The molecule has 0 amide bonds. The van der Waals surface area contributed by atoms with E-state index in [0.717, 1.165) is 50.3 Å². The summed E-state index contributed by atoms with van der Waals surface area (Å²) in [6, 6.07) is 5.17. The molecule has 3 nitrogen and oxygen atoms in total. The van der Waals surface area contributed by atoms with Gasteiger partial charge in [0.25, 0.3) is 0 Å². The highest BCUT2D eigenvalue weighted by atomic mass is 19.1. The first-order valence-corrected chi connectivity index (χ1v) is 7.99. The van der Waals surface area contributed by atoms with Crippen molar-refractivity contribution in [2.75, 3.05) is 32.8 Å². The Labute approximate surface area is 127 Å². The summed E-state index contributed by atoms with van der Waals surface area (Å²) in [4.78, 5) is 2.41. The maximum atomic E-state index is 13.4. The SMILES string of the molecule is CCCNC(c1ccc(F)cc1C)C1CN(CC)CCO1. The quantitative estimate of drug-likeness (QED) is 0.873. The zero-order chi connectivity index (χ0) is 15.2. The summed E-state index contributed by atoms with van der Waals surface area (Å²) in [5, 5.41) is 3.59. The van der Waals surface area contributed by atoms with Crippen LogP contribution >= 0.6 is 0 Å². The van der Waals surface area contributed by atoms with Gasteiger partial charge in [-0.2, -0.15) is 0 Å². The van der Waals surface area contributed by atoms with Crippen LogP contribution in [0, 0.1) is 12.7 Å². The molecule has 1 aromatic carbocycles. The summed E-state index contributed by atoms with van der Waals surface area (Å²) in [5.41, 5.74) is 2.13. The topological polar surface area (TPSA) is 24.5 Å². The Balaban J connectivity index is 2.20. The first kappa shape index (κ1) is 16.4. The Kier molecular flexibility index (Phi) is 6.15. The Morgan fingerprint density at radius 2 is 2.24 bits per heavy atom. The summed E-state index contributed by atoms with van der Waals surface area (Å²) in [7, 11) is 0. The second-order valence-corrected chi connectivity index (χ2v) is 5.74. The van der Waals surface area contributed by atoms with E-state index in [-0.39, 0.29) is 18.0 Å². The van der Waals surface area contributed by atoms with Gasteiger partial charge in [0.1, 0.15) is 5.82 Å². The molecule has 1 aromatic rings. The maximum Gasteiger partial charge on any atom is 0.123 e. The Morgan fingerprint density at radius 3 is 2.90 bits per heavy atom. The monoisotopic (exact) mass is 294 g/mol. The second kappa shape index (κ2) is 7.87. The number of nitrogens with zero attached hydrogens (tertiary/aromatic N) is 1. The lowest BCUT2D eigenvalue weighted by atomic mass is 9.95. The molecule has 0 radical (unpaired) electrons. The molecular weight excluding hydrogens is 267 g/mol. The molecular formula is C17H27FN2O. The van der Waals surface area contributed by atoms with Crippen molar-refractivity contribution in [3.63, 3.8) is 0 Å². The van der Waals surface area contributed by atoms with Crippen molar-refractivity contribution in [2.45, 2.75) is 39.3 Å². The zero-order valence-corrected chi connectivity index (χ0v) is 13.4. The van der Waals surface area contributed by atoms with E-state index in [1.165, 1.54) is 0 Å². The fourth-order valence-corrected chi connectivity index (χ4v) is 2.95. The van der Waals surface area contributed by atoms with Crippen molar-refractivity contribution in [3.05, 3.63) is 35.1 Å². The normalized spacial score (nSPS) is 21.4. The number of ether oxygens (including phenoxy) is 1. The standard InChI is InChI=1S/C17H27FN2O/c1-4-8-19-17(15-7-6-14(18)11-13(15)3)16-12-20(5-2)9-10-21-16/h6-7,11,16-17,19H,4-5,8-10,12H2,1-3H3. The highest BCUT2D eigenvalue weighted by molar-refractivity contribution is 5.30. The molecule has 2 rings (SSSR count). The minimum Gasteiger partial charge on any atom is -0.374 e. The predicted octanol–water partition coefficient (Wildman–Crippen LogP) is 2.90. The molecule has 118 valence electrons. The molecule has 1 fully saturated rings. The third-order valence-electron chi connectivity index (χ3n) is 4.18. The van der Waals surface area contributed by atoms with E-state index >= 15 is 0 Å². The van der Waals surface area contributed by atoms with Crippen molar-refractivity contribution in [1.82, 2.24) is 10.2 Å². The minimum absolute atomic E-state index is 0.120. The zero-order valence-electron chi connectivity index (χ0n) is 13.4. The molecule has 1 aliphatic heterocycles. The van der Waals surface area contributed by atoms with Gasteiger partial charge in [0.15, 0.2) is 0 Å². The molecule has 0 saturated carbocycles. The summed E-state index contributed by atoms with van der Waals surface area (Å²) in [5.74, 6) is -0.176. The van der Waals surface area contributed by atoms with E-state index in [0.29, 0.717) is 0 Å². The largest absolute Gasteiger partial charge is 0.374 e. The number of halogens is 1. The van der Waals surface area contributed by atoms with E-state index in [1.807, 2.05) is 13.0 Å². The van der Waals surface area contributed by atoms with Gasteiger partial charge in [0, 0.05) is 13.1 Å². The lowest BCUT2D eigenvalue weighted by molar-refractivity contribution is -0.0456. The van der Waals surface area contributed by atoms with Crippen molar-refractivity contribution >= 4 is 0 Å². The van der Waals surface area contributed by atoms with Crippen LogP contribution < -0.4 is 5.32 Å². The number of hydrogen-bond acceptors (Lipinski definition) is 3. The fourth-order valence-electron chi connectivity index (χ4n) is 2.95. The predicted molar refractivity (Wildman–Crippen MR) is 84.0 cm³/mol. The smallest absolute Gasteiger partial charge is 0.123 e. The van der Waals surface area contributed by atoms with Crippen LogP contribution in [0.3, 0.4) is 0 Å². The van der Waals surface area contributed by atoms with Crippen LogP contribution in [0.2, 0.25) is 0 Å². The first-order valence-electron chi connectivity index (χ1n) is 7.99. The summed E-state index contributed by atoms with van der Waals surface area (Å²) in [6.45, 7) is 11.0. The number of nitrogens with one attached hydrogen (secondary N) is 1. The van der Waals surface area contributed by atoms with Gasteiger partial charge in [-0.05, 0) is 49.7 Å². The lowest BCUT2D eigenvalue weighted by Gasteiger charge is -2.37. The molecule has 0 bridgehead atoms. The Morgan fingerprint density at radius 1 is 1.43 bits per heavy atom. The number of likely N-dealkylation sites (N-methyl/N-ethyl adjacent to an activating group) is 1. The van der Waals surface area contributed by atoms with Gasteiger partial charge in [-0.3, -0.25) is 4.90 Å². The maximum absolute atomic E-state index is 13.4. The summed E-state index contributed by atoms with van der Waals surface area (Å²) < 4.78 is 19.4. The van der Waals surface area contributed by atoms with Gasteiger partial charge >= 0.3 is 0 Å². The fraction of sp³-hybridized carbons (Fsp3) is 0.647. The summed E-state index contributed by atoms with van der Waals surface area (Å²) in [6.07, 6.45) is 1.19. The molecule has 2 unspecified atom stereocenters. The number of benzene rings is 1. The average molecular weight is 294 g/mol. The molecule has 1 heterocycles. The molecule has 1 aliphatic rings. The van der Waals surface area contributed by atoms with Crippen LogP contribution in [0.1, 0.15) is 37.4 Å². The van der Waals surface area contributed by atoms with Gasteiger partial charge in [0.05, 0.1) is 18.8 Å². The molecule has 21 heavy (non-hydrogen) atoms. The van der Waals surface area contributed by atoms with Gasteiger partial charge in [-0.15, -0.1) is 0 Å². The molecule has 0 aliphatic carbocycles. The number of morpholine rings is 1. The Bertz CT molecular complexity index is 452. The van der Waals surface area contributed by atoms with Crippen molar-refractivity contribution in [3.8, 4) is 0 Å². The van der Waals surface area contributed by atoms with Gasteiger partial charge in [-0.25, -0.2) is 4.39 Å². The van der Waals surface area contributed by atoms with Crippen LogP contribution in [-0.4, -0.2) is 43.8 Å². The highest BCUT2D eigenvalue weighted by Gasteiger charge is 2.29. The molecule has 0 spiro atoms. The number of hydrogen-bond donors (Lipinski definition) is 1. The van der Waals surface area contributed by atoms with Crippen molar-refractivity contribution in [2.24, 2.45) is 0 Å². The Hall–Kier alpha value is -0.970. The summed E-state index contributed by atoms with van der Waals surface area (Å²) >= 11 is 0. The van der Waals surface area contributed by atoms with Crippen LogP contribution in [0.4, 0.5) is 4.39 Å². The van der Waals surface area contributed by atoms with Crippen molar-refractivity contribution in [1.29, 1.82) is 0 Å².